The molecule has 2 heteroatoms. The lowest BCUT2D eigenvalue weighted by Crippen LogP contribution is -2.36. The van der Waals surface area contributed by atoms with Gasteiger partial charge in [-0.3, -0.25) is 0 Å². The number of nitrogens with one attached hydrogen (secondary N) is 1. The first-order chi connectivity index (χ1) is 5.36. The first kappa shape index (κ1) is 7.56. The van der Waals surface area contributed by atoms with Gasteiger partial charge in [-0.05, 0) is 44.6 Å². The number of hydrogen-bond acceptors (Lipinski definition) is 2. The highest BCUT2D eigenvalue weighted by molar-refractivity contribution is 4.85. The van der Waals surface area contributed by atoms with E-state index in [-0.39, 0.29) is 6.10 Å². The van der Waals surface area contributed by atoms with Crippen LogP contribution >= 0.6 is 0 Å². The predicted octanol–water partition coefficient (Wildman–Crippen LogP) is 0.899. The smallest absolute Gasteiger partial charge is 0.0693 e. The zero-order valence-corrected chi connectivity index (χ0v) is 6.92. The standard InChI is InChI=1S/C9H17NO/c11-9-3-1-2-8(9)10-6-7-4-5-7/h7-11H,1-6H2. The van der Waals surface area contributed by atoms with Crippen LogP contribution in [0.5, 0.6) is 0 Å². The molecule has 2 N–H and O–H groups in total. The molecule has 0 radical (unpaired) electrons. The summed E-state index contributed by atoms with van der Waals surface area (Å²) in [5.74, 6) is 0.933. The summed E-state index contributed by atoms with van der Waals surface area (Å²) in [7, 11) is 0. The van der Waals surface area contributed by atoms with E-state index in [1.165, 1.54) is 25.7 Å². The molecule has 11 heavy (non-hydrogen) atoms. The summed E-state index contributed by atoms with van der Waals surface area (Å²) in [4.78, 5) is 0. The molecule has 2 saturated carbocycles. The van der Waals surface area contributed by atoms with Crippen LogP contribution in [-0.4, -0.2) is 23.8 Å². The third-order valence-electron chi connectivity index (χ3n) is 2.85. The summed E-state index contributed by atoms with van der Waals surface area (Å²) in [5, 5.41) is 12.9. The summed E-state index contributed by atoms with van der Waals surface area (Å²) < 4.78 is 0. The van der Waals surface area contributed by atoms with Crippen LogP contribution in [0.1, 0.15) is 32.1 Å². The second kappa shape index (κ2) is 3.11. The second-order valence-electron chi connectivity index (χ2n) is 3.96. The first-order valence-electron chi connectivity index (χ1n) is 4.78. The number of aliphatic hydroxyl groups is 1. The normalized spacial score (nSPS) is 37.9. The van der Waals surface area contributed by atoms with Crippen molar-refractivity contribution in [2.24, 2.45) is 5.92 Å². The van der Waals surface area contributed by atoms with Crippen molar-refractivity contribution in [3.05, 3.63) is 0 Å². The molecule has 0 saturated heterocycles. The van der Waals surface area contributed by atoms with Crippen LogP contribution in [0.2, 0.25) is 0 Å². The average molecular weight is 155 g/mol. The summed E-state index contributed by atoms with van der Waals surface area (Å²) in [6, 6.07) is 0.413. The quantitative estimate of drug-likeness (QED) is 0.634. The van der Waals surface area contributed by atoms with Crippen LogP contribution in [-0.2, 0) is 0 Å². The van der Waals surface area contributed by atoms with Crippen LogP contribution in [0.15, 0.2) is 0 Å². The first-order valence-corrected chi connectivity index (χ1v) is 4.78. The van der Waals surface area contributed by atoms with E-state index in [1.54, 1.807) is 0 Å². The average Bonchev–Trinajstić information content (AvgIpc) is 2.73. The third-order valence-corrected chi connectivity index (χ3v) is 2.85. The molecular formula is C9H17NO. The number of rotatable bonds is 3. The molecule has 0 aliphatic heterocycles. The Labute approximate surface area is 68.0 Å². The van der Waals surface area contributed by atoms with E-state index < -0.39 is 0 Å². The molecule has 0 amide bonds. The van der Waals surface area contributed by atoms with Gasteiger partial charge in [-0.1, -0.05) is 0 Å². The van der Waals surface area contributed by atoms with Crippen molar-refractivity contribution in [2.45, 2.75) is 44.2 Å². The fourth-order valence-electron chi connectivity index (χ4n) is 1.82. The zero-order chi connectivity index (χ0) is 7.68. The van der Waals surface area contributed by atoms with Crippen LogP contribution in [0, 0.1) is 5.92 Å². The van der Waals surface area contributed by atoms with Gasteiger partial charge in [0.15, 0.2) is 0 Å². The topological polar surface area (TPSA) is 32.3 Å². The van der Waals surface area contributed by atoms with Gasteiger partial charge >= 0.3 is 0 Å². The maximum Gasteiger partial charge on any atom is 0.0693 e. The van der Waals surface area contributed by atoms with Crippen molar-refractivity contribution >= 4 is 0 Å². The van der Waals surface area contributed by atoms with Crippen molar-refractivity contribution in [1.29, 1.82) is 0 Å². The van der Waals surface area contributed by atoms with Gasteiger partial charge in [-0.25, -0.2) is 0 Å². The molecule has 0 bridgehead atoms. The Morgan fingerprint density at radius 3 is 2.55 bits per heavy atom. The van der Waals surface area contributed by atoms with Gasteiger partial charge in [-0.15, -0.1) is 0 Å². The number of hydrogen-bond donors (Lipinski definition) is 2. The Kier molecular flexibility index (Phi) is 2.14. The molecule has 2 unspecified atom stereocenters. The van der Waals surface area contributed by atoms with Crippen molar-refractivity contribution in [2.75, 3.05) is 6.54 Å². The Balaban J connectivity index is 1.67. The van der Waals surface area contributed by atoms with Crippen molar-refractivity contribution < 1.29 is 5.11 Å². The van der Waals surface area contributed by atoms with Crippen LogP contribution < -0.4 is 5.32 Å². The minimum Gasteiger partial charge on any atom is -0.392 e. The van der Waals surface area contributed by atoms with Gasteiger partial charge in [0.1, 0.15) is 0 Å². The molecule has 64 valence electrons. The predicted molar refractivity (Wildman–Crippen MR) is 44.4 cm³/mol. The van der Waals surface area contributed by atoms with Crippen LogP contribution in [0.3, 0.4) is 0 Å². The Morgan fingerprint density at radius 2 is 2.00 bits per heavy atom. The molecule has 0 spiro atoms. The van der Waals surface area contributed by atoms with Crippen LogP contribution in [0.4, 0.5) is 0 Å². The highest BCUT2D eigenvalue weighted by Gasteiger charge is 2.27. The Bertz CT molecular complexity index is 134. The highest BCUT2D eigenvalue weighted by Crippen LogP contribution is 2.28. The van der Waals surface area contributed by atoms with E-state index in [0.29, 0.717) is 6.04 Å². The fourth-order valence-corrected chi connectivity index (χ4v) is 1.82. The van der Waals surface area contributed by atoms with E-state index in [4.69, 9.17) is 0 Å². The lowest BCUT2D eigenvalue weighted by Gasteiger charge is -2.15. The van der Waals surface area contributed by atoms with Crippen molar-refractivity contribution in [1.82, 2.24) is 5.32 Å². The Morgan fingerprint density at radius 1 is 1.18 bits per heavy atom. The van der Waals surface area contributed by atoms with Gasteiger partial charge in [0.2, 0.25) is 0 Å². The van der Waals surface area contributed by atoms with Gasteiger partial charge in [0, 0.05) is 6.04 Å². The maximum absolute atomic E-state index is 9.46. The van der Waals surface area contributed by atoms with E-state index in [0.717, 1.165) is 18.9 Å². The molecule has 2 fully saturated rings. The number of aliphatic hydroxyl groups excluding tert-OH is 1. The van der Waals surface area contributed by atoms with Gasteiger partial charge in [0.25, 0.3) is 0 Å². The molecule has 2 nitrogen and oxygen atoms in total. The summed E-state index contributed by atoms with van der Waals surface area (Å²) in [6.45, 7) is 1.14. The molecule has 2 aliphatic carbocycles. The van der Waals surface area contributed by atoms with Gasteiger partial charge in [0.05, 0.1) is 6.10 Å². The second-order valence-corrected chi connectivity index (χ2v) is 3.96. The van der Waals surface area contributed by atoms with Crippen molar-refractivity contribution in [3.8, 4) is 0 Å². The SMILES string of the molecule is OC1CCCC1NCC1CC1. The minimum atomic E-state index is -0.0613. The van der Waals surface area contributed by atoms with E-state index in [9.17, 15) is 5.11 Å². The van der Waals surface area contributed by atoms with Gasteiger partial charge in [-0.2, -0.15) is 0 Å². The summed E-state index contributed by atoms with van der Waals surface area (Å²) in [5.41, 5.74) is 0. The molecule has 2 atom stereocenters. The van der Waals surface area contributed by atoms with E-state index >= 15 is 0 Å². The molecule has 0 aromatic carbocycles. The minimum absolute atomic E-state index is 0.0613. The van der Waals surface area contributed by atoms with Crippen LogP contribution in [0.25, 0.3) is 0 Å². The summed E-state index contributed by atoms with van der Waals surface area (Å²) >= 11 is 0. The third kappa shape index (κ3) is 1.94. The molecule has 0 heterocycles. The van der Waals surface area contributed by atoms with Crippen molar-refractivity contribution in [3.63, 3.8) is 0 Å². The zero-order valence-electron chi connectivity index (χ0n) is 6.92. The van der Waals surface area contributed by atoms with E-state index in [1.807, 2.05) is 0 Å². The van der Waals surface area contributed by atoms with E-state index in [2.05, 4.69) is 5.32 Å². The molecule has 2 rings (SSSR count). The monoisotopic (exact) mass is 155 g/mol. The molecule has 2 aliphatic rings. The fraction of sp³-hybridized carbons (Fsp3) is 1.00. The van der Waals surface area contributed by atoms with Gasteiger partial charge < -0.3 is 10.4 Å². The molecular weight excluding hydrogens is 138 g/mol. The Hall–Kier alpha value is -0.0800. The maximum atomic E-state index is 9.46. The largest absolute Gasteiger partial charge is 0.392 e. The molecule has 0 aromatic heterocycles. The highest BCUT2D eigenvalue weighted by atomic mass is 16.3. The lowest BCUT2D eigenvalue weighted by atomic mass is 10.2. The molecule has 0 aromatic rings. The summed E-state index contributed by atoms with van der Waals surface area (Å²) in [6.07, 6.45) is 6.11. The lowest BCUT2D eigenvalue weighted by molar-refractivity contribution is 0.149.